The van der Waals surface area contributed by atoms with Gasteiger partial charge in [0.05, 0.1) is 18.7 Å². The Morgan fingerprint density at radius 3 is 2.46 bits per heavy atom. The van der Waals surface area contributed by atoms with Gasteiger partial charge < -0.3 is 14.4 Å². The van der Waals surface area contributed by atoms with Gasteiger partial charge in [-0.3, -0.25) is 9.59 Å². The zero-order valence-corrected chi connectivity index (χ0v) is 13.4. The molecule has 1 fully saturated rings. The van der Waals surface area contributed by atoms with Crippen LogP contribution in [0.4, 0.5) is 13.2 Å². The SMILES string of the molecule is CC(=O)OC(C)(C)C(=O)N1CC(Oc2cc(C(F)(F)F)ccn2)C1. The average Bonchev–Trinajstić information content (AvgIpc) is 2.39. The molecule has 24 heavy (non-hydrogen) atoms. The Kier molecular flexibility index (Phi) is 4.73. The Balaban J connectivity index is 1.91. The van der Waals surface area contributed by atoms with Gasteiger partial charge in [-0.25, -0.2) is 4.98 Å². The highest BCUT2D eigenvalue weighted by Gasteiger charge is 2.42. The summed E-state index contributed by atoms with van der Waals surface area (Å²) in [5.74, 6) is -1.12. The second kappa shape index (κ2) is 6.29. The minimum absolute atomic E-state index is 0.152. The fourth-order valence-corrected chi connectivity index (χ4v) is 2.28. The number of aromatic nitrogens is 1. The first kappa shape index (κ1) is 18.0. The van der Waals surface area contributed by atoms with Gasteiger partial charge in [0.15, 0.2) is 5.60 Å². The number of pyridine rings is 1. The highest BCUT2D eigenvalue weighted by Crippen LogP contribution is 2.31. The molecule has 0 bridgehead atoms. The van der Waals surface area contributed by atoms with Crippen molar-refractivity contribution in [1.82, 2.24) is 9.88 Å². The molecule has 1 amide bonds. The maximum atomic E-state index is 12.6. The smallest absolute Gasteiger partial charge is 0.416 e. The summed E-state index contributed by atoms with van der Waals surface area (Å²) in [4.78, 5) is 28.3. The largest absolute Gasteiger partial charge is 0.471 e. The Hall–Kier alpha value is -2.32. The molecule has 1 saturated heterocycles. The Bertz CT molecular complexity index is 640. The van der Waals surface area contributed by atoms with Crippen LogP contribution < -0.4 is 4.74 Å². The topological polar surface area (TPSA) is 68.7 Å². The fraction of sp³-hybridized carbons (Fsp3) is 0.533. The Morgan fingerprint density at radius 2 is 1.92 bits per heavy atom. The van der Waals surface area contributed by atoms with Gasteiger partial charge in [0.2, 0.25) is 5.88 Å². The molecule has 0 atom stereocenters. The van der Waals surface area contributed by atoms with Gasteiger partial charge in [0.25, 0.3) is 5.91 Å². The van der Waals surface area contributed by atoms with E-state index in [0.29, 0.717) is 0 Å². The van der Waals surface area contributed by atoms with E-state index in [4.69, 9.17) is 9.47 Å². The molecule has 1 aliphatic rings. The fourth-order valence-electron chi connectivity index (χ4n) is 2.28. The Morgan fingerprint density at radius 1 is 1.29 bits per heavy atom. The van der Waals surface area contributed by atoms with Crippen LogP contribution in [0.25, 0.3) is 0 Å². The normalized spacial score (nSPS) is 15.7. The molecule has 0 radical (unpaired) electrons. The van der Waals surface area contributed by atoms with Crippen LogP contribution >= 0.6 is 0 Å². The summed E-state index contributed by atoms with van der Waals surface area (Å²) >= 11 is 0. The minimum Gasteiger partial charge on any atom is -0.471 e. The van der Waals surface area contributed by atoms with Crippen molar-refractivity contribution in [3.05, 3.63) is 23.9 Å². The minimum atomic E-state index is -4.48. The molecule has 1 aliphatic heterocycles. The van der Waals surface area contributed by atoms with Gasteiger partial charge in [0.1, 0.15) is 6.10 Å². The number of carbonyl (C=O) groups excluding carboxylic acids is 2. The number of likely N-dealkylation sites (tertiary alicyclic amines) is 1. The third kappa shape index (κ3) is 4.15. The van der Waals surface area contributed by atoms with Crippen molar-refractivity contribution in [2.45, 2.75) is 38.7 Å². The Labute approximate surface area is 136 Å². The van der Waals surface area contributed by atoms with Gasteiger partial charge in [0, 0.05) is 19.2 Å². The van der Waals surface area contributed by atoms with E-state index in [1.165, 1.54) is 25.7 Å². The number of hydrogen-bond acceptors (Lipinski definition) is 5. The molecule has 0 unspecified atom stereocenters. The van der Waals surface area contributed by atoms with E-state index in [9.17, 15) is 22.8 Å². The number of halogens is 3. The number of esters is 1. The predicted octanol–water partition coefficient (Wildman–Crippen LogP) is 2.03. The molecule has 2 rings (SSSR count). The molecule has 0 N–H and O–H groups in total. The summed E-state index contributed by atoms with van der Waals surface area (Å²) in [7, 11) is 0. The first-order valence-electron chi connectivity index (χ1n) is 7.18. The van der Waals surface area contributed by atoms with Crippen LogP contribution in [0.5, 0.6) is 5.88 Å². The monoisotopic (exact) mass is 346 g/mol. The number of rotatable bonds is 4. The first-order valence-corrected chi connectivity index (χ1v) is 7.18. The maximum Gasteiger partial charge on any atom is 0.416 e. The number of ether oxygens (including phenoxy) is 2. The van der Waals surface area contributed by atoms with Crippen LogP contribution in [0, 0.1) is 0 Å². The lowest BCUT2D eigenvalue weighted by atomic mass is 10.0. The molecule has 132 valence electrons. The van der Waals surface area contributed by atoms with Crippen molar-refractivity contribution < 1.29 is 32.2 Å². The lowest BCUT2D eigenvalue weighted by molar-refractivity contribution is -0.173. The number of amides is 1. The van der Waals surface area contributed by atoms with Gasteiger partial charge >= 0.3 is 12.1 Å². The zero-order chi connectivity index (χ0) is 18.1. The lowest BCUT2D eigenvalue weighted by Crippen LogP contribution is -2.61. The van der Waals surface area contributed by atoms with Crippen LogP contribution in [-0.2, 0) is 20.5 Å². The highest BCUT2D eigenvalue weighted by molar-refractivity contribution is 5.87. The summed E-state index contributed by atoms with van der Waals surface area (Å²) in [6, 6.07) is 1.67. The molecule has 1 aromatic rings. The maximum absolute atomic E-state index is 12.6. The number of nitrogens with zero attached hydrogens (tertiary/aromatic N) is 2. The summed E-state index contributed by atoms with van der Waals surface area (Å²) in [6.45, 7) is 4.51. The molecule has 1 aromatic heterocycles. The van der Waals surface area contributed by atoms with Crippen molar-refractivity contribution in [2.24, 2.45) is 0 Å². The quantitative estimate of drug-likeness (QED) is 0.781. The molecule has 0 aliphatic carbocycles. The van der Waals surface area contributed by atoms with Gasteiger partial charge in [-0.2, -0.15) is 13.2 Å². The average molecular weight is 346 g/mol. The standard InChI is InChI=1S/C15H17F3N2O4/c1-9(21)24-14(2,3)13(22)20-7-11(8-20)23-12-6-10(4-5-19-12)15(16,17)18/h4-6,11H,7-8H2,1-3H3. The zero-order valence-electron chi connectivity index (χ0n) is 13.4. The summed E-state index contributed by atoms with van der Waals surface area (Å²) < 4.78 is 48.2. The molecular weight excluding hydrogens is 329 g/mol. The van der Waals surface area contributed by atoms with Gasteiger partial charge in [-0.1, -0.05) is 0 Å². The molecule has 9 heteroatoms. The van der Waals surface area contributed by atoms with Crippen LogP contribution in [0.15, 0.2) is 18.3 Å². The third-order valence-electron chi connectivity index (χ3n) is 3.40. The number of hydrogen-bond donors (Lipinski definition) is 0. The van der Waals surface area contributed by atoms with Gasteiger partial charge in [-0.15, -0.1) is 0 Å². The van der Waals surface area contributed by atoms with Crippen LogP contribution in [0.2, 0.25) is 0 Å². The lowest BCUT2D eigenvalue weighted by Gasteiger charge is -2.41. The predicted molar refractivity (Wildman–Crippen MR) is 76.1 cm³/mol. The number of carbonyl (C=O) groups is 2. The molecule has 0 aromatic carbocycles. The van der Waals surface area contributed by atoms with E-state index in [0.717, 1.165) is 18.3 Å². The molecule has 2 heterocycles. The van der Waals surface area contributed by atoms with Crippen molar-refractivity contribution >= 4 is 11.9 Å². The second-order valence-electron chi connectivity index (χ2n) is 5.93. The van der Waals surface area contributed by atoms with Crippen molar-refractivity contribution in [3.63, 3.8) is 0 Å². The van der Waals surface area contributed by atoms with Crippen LogP contribution in [0.1, 0.15) is 26.3 Å². The van der Waals surface area contributed by atoms with E-state index < -0.39 is 35.3 Å². The summed E-state index contributed by atoms with van der Waals surface area (Å²) in [6.07, 6.45) is -3.92. The van der Waals surface area contributed by atoms with Crippen molar-refractivity contribution in [1.29, 1.82) is 0 Å². The molecular formula is C15H17F3N2O4. The van der Waals surface area contributed by atoms with Crippen molar-refractivity contribution in [2.75, 3.05) is 13.1 Å². The molecule has 0 spiro atoms. The van der Waals surface area contributed by atoms with E-state index in [-0.39, 0.29) is 19.0 Å². The van der Waals surface area contributed by atoms with E-state index >= 15 is 0 Å². The highest BCUT2D eigenvalue weighted by atomic mass is 19.4. The van der Waals surface area contributed by atoms with E-state index in [2.05, 4.69) is 4.98 Å². The van der Waals surface area contributed by atoms with Crippen molar-refractivity contribution in [3.8, 4) is 5.88 Å². The second-order valence-corrected chi connectivity index (χ2v) is 5.93. The third-order valence-corrected chi connectivity index (χ3v) is 3.40. The summed E-state index contributed by atoms with van der Waals surface area (Å²) in [5.41, 5.74) is -2.15. The summed E-state index contributed by atoms with van der Waals surface area (Å²) in [5, 5.41) is 0. The van der Waals surface area contributed by atoms with E-state index in [1.54, 1.807) is 0 Å². The van der Waals surface area contributed by atoms with Gasteiger partial charge in [-0.05, 0) is 19.9 Å². The molecule has 0 saturated carbocycles. The molecule has 6 nitrogen and oxygen atoms in total. The number of alkyl halides is 3. The van der Waals surface area contributed by atoms with E-state index in [1.807, 2.05) is 0 Å². The first-order chi connectivity index (χ1) is 11.0. The van der Waals surface area contributed by atoms with Crippen LogP contribution in [-0.4, -0.2) is 46.6 Å². The van der Waals surface area contributed by atoms with Crippen LogP contribution in [0.3, 0.4) is 0 Å².